The number of hydrogen-bond acceptors (Lipinski definition) is 3. The van der Waals surface area contributed by atoms with Crippen LogP contribution in [0.2, 0.25) is 0 Å². The van der Waals surface area contributed by atoms with Gasteiger partial charge < -0.3 is 20.4 Å². The molecule has 1 aliphatic rings. The summed E-state index contributed by atoms with van der Waals surface area (Å²) < 4.78 is 0. The third-order valence-electron chi connectivity index (χ3n) is 5.37. The van der Waals surface area contributed by atoms with Crippen LogP contribution in [0.1, 0.15) is 32.3 Å². The van der Waals surface area contributed by atoms with Gasteiger partial charge in [0.1, 0.15) is 0 Å². The number of nitrogens with zero attached hydrogens (tertiary/aromatic N) is 3. The maximum absolute atomic E-state index is 4.44. The van der Waals surface area contributed by atoms with E-state index in [0.717, 1.165) is 18.9 Å². The molecule has 27 heavy (non-hydrogen) atoms. The summed E-state index contributed by atoms with van der Waals surface area (Å²) in [5, 5.41) is 7.15. The van der Waals surface area contributed by atoms with Gasteiger partial charge in [0.2, 0.25) is 0 Å². The van der Waals surface area contributed by atoms with Crippen molar-refractivity contribution in [3.63, 3.8) is 0 Å². The summed E-state index contributed by atoms with van der Waals surface area (Å²) in [7, 11) is 6.15. The molecule has 0 radical (unpaired) electrons. The quantitative estimate of drug-likeness (QED) is 0.353. The SMILES string of the molecule is CN=C(NCC(Cc1ccccc1)N(C)C)NC1CCN(C(C)C)CC1.I. The Hall–Kier alpha value is -0.860. The minimum absolute atomic E-state index is 0. The van der Waals surface area contributed by atoms with Crippen LogP contribution in [-0.2, 0) is 6.42 Å². The molecule has 0 bridgehead atoms. The number of halogens is 1. The van der Waals surface area contributed by atoms with E-state index in [-0.39, 0.29) is 24.0 Å². The lowest BCUT2D eigenvalue weighted by Gasteiger charge is -2.35. The van der Waals surface area contributed by atoms with Gasteiger partial charge in [0, 0.05) is 44.8 Å². The molecule has 2 N–H and O–H groups in total. The summed E-state index contributed by atoms with van der Waals surface area (Å²) in [5.74, 6) is 0.924. The van der Waals surface area contributed by atoms with Crippen LogP contribution in [-0.4, -0.2) is 74.7 Å². The molecule has 0 aliphatic carbocycles. The van der Waals surface area contributed by atoms with Gasteiger partial charge in [-0.3, -0.25) is 4.99 Å². The Morgan fingerprint density at radius 2 is 1.81 bits per heavy atom. The van der Waals surface area contributed by atoms with E-state index in [0.29, 0.717) is 18.1 Å². The van der Waals surface area contributed by atoms with Crippen molar-refractivity contribution in [2.24, 2.45) is 4.99 Å². The Bertz CT molecular complexity index is 539. The molecule has 154 valence electrons. The molecular formula is C21H38IN5. The molecular weight excluding hydrogens is 449 g/mol. The van der Waals surface area contributed by atoms with E-state index in [4.69, 9.17) is 0 Å². The van der Waals surface area contributed by atoms with Gasteiger partial charge in [-0.2, -0.15) is 0 Å². The molecule has 1 aromatic rings. The van der Waals surface area contributed by atoms with Crippen molar-refractivity contribution in [3.8, 4) is 0 Å². The van der Waals surface area contributed by atoms with Crippen molar-refractivity contribution in [1.82, 2.24) is 20.4 Å². The summed E-state index contributed by atoms with van der Waals surface area (Å²) in [6.45, 7) is 7.78. The van der Waals surface area contributed by atoms with Crippen LogP contribution in [0.3, 0.4) is 0 Å². The van der Waals surface area contributed by atoms with Crippen LogP contribution in [0.5, 0.6) is 0 Å². The number of hydrogen-bond donors (Lipinski definition) is 2. The van der Waals surface area contributed by atoms with Crippen molar-refractivity contribution in [1.29, 1.82) is 0 Å². The van der Waals surface area contributed by atoms with E-state index in [9.17, 15) is 0 Å². The highest BCUT2D eigenvalue weighted by Crippen LogP contribution is 2.13. The van der Waals surface area contributed by atoms with Crippen molar-refractivity contribution in [3.05, 3.63) is 35.9 Å². The Kier molecular flexibility index (Phi) is 11.3. The van der Waals surface area contributed by atoms with Gasteiger partial charge in [-0.25, -0.2) is 0 Å². The molecule has 0 amide bonds. The summed E-state index contributed by atoms with van der Waals surface area (Å²) in [4.78, 5) is 9.27. The summed E-state index contributed by atoms with van der Waals surface area (Å²) in [6.07, 6.45) is 3.39. The number of likely N-dealkylation sites (tertiary alicyclic amines) is 1. The number of rotatable bonds is 7. The average Bonchev–Trinajstić information content (AvgIpc) is 2.64. The maximum Gasteiger partial charge on any atom is 0.191 e. The summed E-state index contributed by atoms with van der Waals surface area (Å²) in [5.41, 5.74) is 1.37. The summed E-state index contributed by atoms with van der Waals surface area (Å²) in [6, 6.07) is 12.3. The molecule has 6 heteroatoms. The largest absolute Gasteiger partial charge is 0.355 e. The molecule has 1 heterocycles. The normalized spacial score (nSPS) is 17.7. The topological polar surface area (TPSA) is 42.9 Å². The smallest absolute Gasteiger partial charge is 0.191 e. The zero-order valence-electron chi connectivity index (χ0n) is 17.6. The van der Waals surface area contributed by atoms with Crippen molar-refractivity contribution < 1.29 is 0 Å². The first-order chi connectivity index (χ1) is 12.5. The van der Waals surface area contributed by atoms with E-state index in [2.05, 4.69) is 83.7 Å². The second kappa shape index (κ2) is 12.6. The Balaban J connectivity index is 0.00000364. The fourth-order valence-corrected chi connectivity index (χ4v) is 3.49. The Morgan fingerprint density at radius 1 is 1.19 bits per heavy atom. The van der Waals surface area contributed by atoms with E-state index < -0.39 is 0 Å². The first-order valence-corrected chi connectivity index (χ1v) is 9.91. The van der Waals surface area contributed by atoms with Crippen LogP contribution >= 0.6 is 24.0 Å². The second-order valence-electron chi connectivity index (χ2n) is 7.81. The van der Waals surface area contributed by atoms with Crippen LogP contribution in [0.15, 0.2) is 35.3 Å². The van der Waals surface area contributed by atoms with Crippen LogP contribution in [0.25, 0.3) is 0 Å². The zero-order valence-corrected chi connectivity index (χ0v) is 19.9. The number of guanidine groups is 1. The fourth-order valence-electron chi connectivity index (χ4n) is 3.49. The highest BCUT2D eigenvalue weighted by Gasteiger charge is 2.21. The second-order valence-corrected chi connectivity index (χ2v) is 7.81. The first-order valence-electron chi connectivity index (χ1n) is 9.91. The lowest BCUT2D eigenvalue weighted by atomic mass is 10.0. The van der Waals surface area contributed by atoms with Crippen molar-refractivity contribution in [2.75, 3.05) is 40.8 Å². The molecule has 1 aromatic carbocycles. The monoisotopic (exact) mass is 487 g/mol. The van der Waals surface area contributed by atoms with E-state index in [1.165, 1.54) is 31.5 Å². The zero-order chi connectivity index (χ0) is 18.9. The van der Waals surface area contributed by atoms with E-state index >= 15 is 0 Å². The third kappa shape index (κ3) is 8.35. The molecule has 0 aromatic heterocycles. The number of piperidine rings is 1. The molecule has 1 atom stereocenters. The molecule has 1 unspecified atom stereocenters. The number of likely N-dealkylation sites (N-methyl/N-ethyl adjacent to an activating group) is 1. The lowest BCUT2D eigenvalue weighted by molar-refractivity contribution is 0.167. The molecule has 1 saturated heterocycles. The molecule has 1 fully saturated rings. The van der Waals surface area contributed by atoms with Crippen LogP contribution in [0.4, 0.5) is 0 Å². The van der Waals surface area contributed by atoms with E-state index in [1.807, 2.05) is 7.05 Å². The van der Waals surface area contributed by atoms with Gasteiger partial charge in [-0.05, 0) is 52.8 Å². The predicted octanol–water partition coefficient (Wildman–Crippen LogP) is 2.82. The molecule has 2 rings (SSSR count). The van der Waals surface area contributed by atoms with Crippen molar-refractivity contribution >= 4 is 29.9 Å². The fraction of sp³-hybridized carbons (Fsp3) is 0.667. The molecule has 0 spiro atoms. The van der Waals surface area contributed by atoms with Gasteiger partial charge in [-0.15, -0.1) is 24.0 Å². The number of benzene rings is 1. The average molecular weight is 487 g/mol. The number of aliphatic imine (C=N–C) groups is 1. The minimum Gasteiger partial charge on any atom is -0.355 e. The van der Waals surface area contributed by atoms with Crippen LogP contribution < -0.4 is 10.6 Å². The standard InChI is InChI=1S/C21H37N5.HI/c1-17(2)26-13-11-19(12-14-26)24-21(22-3)23-16-20(25(4)5)15-18-9-7-6-8-10-18;/h6-10,17,19-20H,11-16H2,1-5H3,(H2,22,23,24);1H. The molecule has 0 saturated carbocycles. The molecule has 5 nitrogen and oxygen atoms in total. The minimum atomic E-state index is 0. The van der Waals surface area contributed by atoms with Crippen LogP contribution in [0, 0.1) is 0 Å². The van der Waals surface area contributed by atoms with E-state index in [1.54, 1.807) is 0 Å². The third-order valence-corrected chi connectivity index (χ3v) is 5.37. The molecule has 1 aliphatic heterocycles. The predicted molar refractivity (Wildman–Crippen MR) is 127 cm³/mol. The summed E-state index contributed by atoms with van der Waals surface area (Å²) >= 11 is 0. The maximum atomic E-state index is 4.44. The van der Waals surface area contributed by atoms with Crippen molar-refractivity contribution in [2.45, 2.75) is 51.2 Å². The highest BCUT2D eigenvalue weighted by atomic mass is 127. The van der Waals surface area contributed by atoms with Gasteiger partial charge in [-0.1, -0.05) is 30.3 Å². The van der Waals surface area contributed by atoms with Gasteiger partial charge in [0.05, 0.1) is 0 Å². The van der Waals surface area contributed by atoms with Gasteiger partial charge >= 0.3 is 0 Å². The highest BCUT2D eigenvalue weighted by molar-refractivity contribution is 14.0. The lowest BCUT2D eigenvalue weighted by Crippen LogP contribution is -2.52. The Morgan fingerprint density at radius 3 is 2.33 bits per heavy atom. The van der Waals surface area contributed by atoms with Gasteiger partial charge in [0.25, 0.3) is 0 Å². The van der Waals surface area contributed by atoms with Gasteiger partial charge in [0.15, 0.2) is 5.96 Å². The number of nitrogens with one attached hydrogen (secondary N) is 2. The first kappa shape index (κ1) is 24.2. The Labute approximate surface area is 183 Å².